The minimum Gasteiger partial charge on any atom is -0.365 e. The van der Waals surface area contributed by atoms with Gasteiger partial charge in [0.2, 0.25) is 5.95 Å². The van der Waals surface area contributed by atoms with Crippen molar-refractivity contribution >= 4 is 23.1 Å². The molecule has 0 amide bonds. The summed E-state index contributed by atoms with van der Waals surface area (Å²) in [6, 6.07) is 9.72. The molecule has 29 heavy (non-hydrogen) atoms. The van der Waals surface area contributed by atoms with E-state index in [1.54, 1.807) is 0 Å². The van der Waals surface area contributed by atoms with Crippen molar-refractivity contribution in [2.75, 3.05) is 17.2 Å². The van der Waals surface area contributed by atoms with Crippen LogP contribution in [0.5, 0.6) is 0 Å². The molecule has 3 atom stereocenters. The number of aromatic amines is 1. The molecule has 9 nitrogen and oxygen atoms in total. The summed E-state index contributed by atoms with van der Waals surface area (Å²) in [6.45, 7) is 2.85. The summed E-state index contributed by atoms with van der Waals surface area (Å²) in [4.78, 5) is 7.29. The number of piperidine rings is 1. The molecule has 0 spiro atoms. The van der Waals surface area contributed by atoms with Crippen molar-refractivity contribution in [2.24, 2.45) is 0 Å². The second-order valence-electron chi connectivity index (χ2n) is 8.03. The summed E-state index contributed by atoms with van der Waals surface area (Å²) in [5, 5.41) is 27.5. The lowest BCUT2D eigenvalue weighted by Gasteiger charge is -2.39. The third-order valence-corrected chi connectivity index (χ3v) is 6.04. The van der Waals surface area contributed by atoms with Gasteiger partial charge in [-0.2, -0.15) is 15.3 Å². The molecule has 0 saturated carbocycles. The van der Waals surface area contributed by atoms with Crippen LogP contribution in [0.3, 0.4) is 0 Å². The van der Waals surface area contributed by atoms with Gasteiger partial charge in [0.05, 0.1) is 6.07 Å². The molecule has 3 aromatic rings. The van der Waals surface area contributed by atoms with Gasteiger partial charge in [-0.1, -0.05) is 0 Å². The summed E-state index contributed by atoms with van der Waals surface area (Å²) in [7, 11) is 0. The van der Waals surface area contributed by atoms with Crippen molar-refractivity contribution in [3.63, 3.8) is 0 Å². The van der Waals surface area contributed by atoms with E-state index in [1.807, 2.05) is 35.8 Å². The number of hydrogen-bond acceptors (Lipinski definition) is 7. The topological polar surface area (TPSA) is 110 Å². The largest absolute Gasteiger partial charge is 0.365 e. The SMILES string of the molecule is Cc1cc(Nc2nc(NC3CC4CC[C@H](C3)N4CCC#N)c3cccn3n2)n[nH]1. The van der Waals surface area contributed by atoms with Crippen LogP contribution in [0.1, 0.15) is 37.8 Å². The van der Waals surface area contributed by atoms with Gasteiger partial charge in [-0.05, 0) is 44.7 Å². The molecule has 2 aliphatic heterocycles. The molecule has 2 unspecified atom stereocenters. The van der Waals surface area contributed by atoms with Crippen LogP contribution in [-0.2, 0) is 0 Å². The Labute approximate surface area is 169 Å². The van der Waals surface area contributed by atoms with Gasteiger partial charge in [-0.25, -0.2) is 4.52 Å². The fourth-order valence-corrected chi connectivity index (χ4v) is 4.82. The molecule has 2 saturated heterocycles. The second-order valence-corrected chi connectivity index (χ2v) is 8.03. The van der Waals surface area contributed by atoms with Gasteiger partial charge in [0.25, 0.3) is 0 Å². The molecule has 0 aromatic carbocycles. The number of nitriles is 1. The fourth-order valence-electron chi connectivity index (χ4n) is 4.82. The maximum atomic E-state index is 8.93. The Kier molecular flexibility index (Phi) is 4.56. The van der Waals surface area contributed by atoms with E-state index in [2.05, 4.69) is 36.9 Å². The summed E-state index contributed by atoms with van der Waals surface area (Å²) in [5.74, 6) is 2.05. The molecule has 2 aliphatic rings. The Bertz CT molecular complexity index is 1030. The number of aryl methyl sites for hydroxylation is 1. The summed E-state index contributed by atoms with van der Waals surface area (Å²) >= 11 is 0. The van der Waals surface area contributed by atoms with E-state index in [9.17, 15) is 0 Å². The molecule has 5 heterocycles. The van der Waals surface area contributed by atoms with Gasteiger partial charge in [0, 0.05) is 49.0 Å². The normalized spacial score (nSPS) is 23.9. The molecule has 9 heteroatoms. The van der Waals surface area contributed by atoms with Crippen LogP contribution in [0.4, 0.5) is 17.6 Å². The van der Waals surface area contributed by atoms with Crippen LogP contribution < -0.4 is 10.6 Å². The third-order valence-electron chi connectivity index (χ3n) is 6.04. The molecular formula is C20H25N9. The minimum absolute atomic E-state index is 0.375. The first-order valence-electron chi connectivity index (χ1n) is 10.2. The molecule has 0 aliphatic carbocycles. The lowest BCUT2D eigenvalue weighted by molar-refractivity contribution is 0.136. The molecule has 2 fully saturated rings. The van der Waals surface area contributed by atoms with Crippen molar-refractivity contribution in [1.82, 2.24) is 29.7 Å². The Hall–Kier alpha value is -3.12. The average Bonchev–Trinajstić information content (AvgIpc) is 3.39. The number of fused-ring (bicyclic) bond motifs is 3. The number of rotatable bonds is 6. The van der Waals surface area contributed by atoms with Crippen LogP contribution in [0.25, 0.3) is 5.52 Å². The van der Waals surface area contributed by atoms with E-state index in [0.29, 0.717) is 36.3 Å². The molecule has 3 N–H and O–H groups in total. The maximum Gasteiger partial charge on any atom is 0.248 e. The predicted octanol–water partition coefficient (Wildman–Crippen LogP) is 2.83. The summed E-state index contributed by atoms with van der Waals surface area (Å²) < 4.78 is 1.84. The number of H-pyrrole nitrogens is 1. The van der Waals surface area contributed by atoms with E-state index < -0.39 is 0 Å². The number of anilines is 3. The minimum atomic E-state index is 0.375. The molecular weight excluding hydrogens is 366 g/mol. The zero-order valence-electron chi connectivity index (χ0n) is 16.5. The molecule has 0 radical (unpaired) electrons. The van der Waals surface area contributed by atoms with Gasteiger partial charge in [-0.15, -0.1) is 5.10 Å². The van der Waals surface area contributed by atoms with E-state index in [0.717, 1.165) is 36.4 Å². The highest BCUT2D eigenvalue weighted by molar-refractivity contribution is 5.69. The number of nitrogens with one attached hydrogen (secondary N) is 3. The average molecular weight is 391 g/mol. The van der Waals surface area contributed by atoms with Gasteiger partial charge in [0.1, 0.15) is 5.52 Å². The van der Waals surface area contributed by atoms with Gasteiger partial charge in [0.15, 0.2) is 11.6 Å². The zero-order valence-corrected chi connectivity index (χ0v) is 16.5. The summed E-state index contributed by atoms with van der Waals surface area (Å²) in [6.07, 6.45) is 7.16. The Morgan fingerprint density at radius 1 is 1.31 bits per heavy atom. The number of nitrogens with zero attached hydrogens (tertiary/aromatic N) is 6. The van der Waals surface area contributed by atoms with Crippen molar-refractivity contribution < 1.29 is 0 Å². The fraction of sp³-hybridized carbons (Fsp3) is 0.500. The van der Waals surface area contributed by atoms with Crippen LogP contribution in [-0.4, -0.2) is 54.4 Å². The van der Waals surface area contributed by atoms with Crippen LogP contribution in [0.15, 0.2) is 24.4 Å². The monoisotopic (exact) mass is 391 g/mol. The van der Waals surface area contributed by atoms with Crippen molar-refractivity contribution in [2.45, 2.75) is 57.2 Å². The van der Waals surface area contributed by atoms with Crippen molar-refractivity contribution in [1.29, 1.82) is 5.26 Å². The standard InChI is InChI=1S/C20H25N9/c1-13-10-18(26-25-13)23-20-24-19(17-4-2-9-29(17)27-20)22-14-11-15-5-6-16(12-14)28(15)8-3-7-21/h2,4,9-10,14-16H,3,5-6,8,11-12H2,1H3,(H3,22,23,24,25,26,27)/t14?,15-,16?/m1/s1. The lowest BCUT2D eigenvalue weighted by Crippen LogP contribution is -2.47. The molecule has 2 bridgehead atoms. The van der Waals surface area contributed by atoms with Crippen LogP contribution in [0, 0.1) is 18.3 Å². The summed E-state index contributed by atoms with van der Waals surface area (Å²) in [5.41, 5.74) is 1.94. The van der Waals surface area contributed by atoms with Crippen molar-refractivity contribution in [3.8, 4) is 6.07 Å². The highest BCUT2D eigenvalue weighted by atomic mass is 15.3. The van der Waals surface area contributed by atoms with E-state index >= 15 is 0 Å². The van der Waals surface area contributed by atoms with Crippen molar-refractivity contribution in [3.05, 3.63) is 30.1 Å². The molecule has 150 valence electrons. The highest BCUT2D eigenvalue weighted by Gasteiger charge is 2.40. The first kappa shape index (κ1) is 17.9. The van der Waals surface area contributed by atoms with E-state index in [4.69, 9.17) is 10.2 Å². The Morgan fingerprint density at radius 2 is 2.14 bits per heavy atom. The van der Waals surface area contributed by atoms with Crippen LogP contribution in [0.2, 0.25) is 0 Å². The maximum absolute atomic E-state index is 8.93. The highest BCUT2D eigenvalue weighted by Crippen LogP contribution is 2.37. The third kappa shape index (κ3) is 3.51. The second kappa shape index (κ2) is 7.37. The van der Waals surface area contributed by atoms with E-state index in [1.165, 1.54) is 12.8 Å². The first-order valence-corrected chi connectivity index (χ1v) is 10.2. The Morgan fingerprint density at radius 3 is 2.86 bits per heavy atom. The zero-order chi connectivity index (χ0) is 19.8. The van der Waals surface area contributed by atoms with E-state index in [-0.39, 0.29) is 0 Å². The number of aromatic nitrogens is 5. The van der Waals surface area contributed by atoms with Gasteiger partial charge < -0.3 is 10.6 Å². The van der Waals surface area contributed by atoms with Crippen LogP contribution >= 0.6 is 0 Å². The lowest BCUT2D eigenvalue weighted by atomic mass is 9.97. The quantitative estimate of drug-likeness (QED) is 0.593. The van der Waals surface area contributed by atoms with Gasteiger partial charge in [-0.3, -0.25) is 10.00 Å². The Balaban J connectivity index is 1.35. The molecule has 3 aromatic heterocycles. The number of hydrogen-bond donors (Lipinski definition) is 3. The first-order chi connectivity index (χ1) is 14.2. The predicted molar refractivity (Wildman–Crippen MR) is 110 cm³/mol. The molecule has 5 rings (SSSR count). The van der Waals surface area contributed by atoms with Gasteiger partial charge >= 0.3 is 0 Å². The smallest absolute Gasteiger partial charge is 0.248 e.